The molecular weight excluding hydrogens is 562 g/mol. The molecule has 5 nitrogen and oxygen atoms in total. The van der Waals surface area contributed by atoms with Crippen LogP contribution in [0.1, 0.15) is 5.56 Å². The van der Waals surface area contributed by atoms with E-state index in [0.717, 1.165) is 25.3 Å². The molecule has 0 aliphatic heterocycles. The van der Waals surface area contributed by atoms with Gasteiger partial charge in [-0.1, -0.05) is 12.1 Å². The van der Waals surface area contributed by atoms with Crippen molar-refractivity contribution in [1.29, 1.82) is 0 Å². The highest BCUT2D eigenvalue weighted by Gasteiger charge is 2.78. The number of benzene rings is 1. The standard InChI is InChI=1S/C18H10F14O5/c1-35-10-7-8(3-2-6-36-11(33)13(19,20)15(23,24)17(27,28)29)4-5-9(10)37-12(34)14(21,22)16(25,26)18(30,31)32/h2-5,7H,6H2,1H3/b3-2+. The van der Waals surface area contributed by atoms with Crippen molar-refractivity contribution in [2.75, 3.05) is 13.7 Å². The number of ether oxygens (including phenoxy) is 3. The van der Waals surface area contributed by atoms with Crippen LogP contribution in [0.25, 0.3) is 6.08 Å². The number of hydrogen-bond acceptors (Lipinski definition) is 5. The van der Waals surface area contributed by atoms with Crippen molar-refractivity contribution in [2.45, 2.75) is 36.0 Å². The fraction of sp³-hybridized carbons (Fsp3) is 0.444. The average molecular weight is 572 g/mol. The van der Waals surface area contributed by atoms with Crippen molar-refractivity contribution in [3.05, 3.63) is 29.8 Å². The summed E-state index contributed by atoms with van der Waals surface area (Å²) in [6.45, 7) is -1.31. The lowest BCUT2D eigenvalue weighted by Gasteiger charge is -2.26. The van der Waals surface area contributed by atoms with E-state index in [-0.39, 0.29) is 5.56 Å². The number of methoxy groups -OCH3 is 1. The Hall–Kier alpha value is -3.28. The van der Waals surface area contributed by atoms with E-state index in [9.17, 15) is 71.1 Å². The van der Waals surface area contributed by atoms with Crippen LogP contribution in [0.15, 0.2) is 24.3 Å². The summed E-state index contributed by atoms with van der Waals surface area (Å²) in [4.78, 5) is 22.3. The first-order valence-electron chi connectivity index (χ1n) is 8.84. The van der Waals surface area contributed by atoms with Crippen LogP contribution < -0.4 is 9.47 Å². The van der Waals surface area contributed by atoms with Crippen molar-refractivity contribution in [3.63, 3.8) is 0 Å². The van der Waals surface area contributed by atoms with Crippen LogP contribution >= 0.6 is 0 Å². The molecule has 0 aromatic heterocycles. The van der Waals surface area contributed by atoms with E-state index in [1.165, 1.54) is 0 Å². The lowest BCUT2D eigenvalue weighted by molar-refractivity contribution is -0.348. The minimum absolute atomic E-state index is 0.188. The minimum Gasteiger partial charge on any atom is -0.493 e. The summed E-state index contributed by atoms with van der Waals surface area (Å²) in [5.74, 6) is -34.6. The van der Waals surface area contributed by atoms with Gasteiger partial charge in [-0.15, -0.1) is 0 Å². The minimum atomic E-state index is -6.83. The van der Waals surface area contributed by atoms with Crippen LogP contribution in [0.4, 0.5) is 61.5 Å². The fourth-order valence-electron chi connectivity index (χ4n) is 2.05. The molecule has 0 radical (unpaired) electrons. The number of rotatable bonds is 9. The molecule has 0 heterocycles. The Morgan fingerprint density at radius 1 is 0.730 bits per heavy atom. The van der Waals surface area contributed by atoms with Crippen LogP contribution in [0.2, 0.25) is 0 Å². The molecule has 0 aliphatic rings. The summed E-state index contributed by atoms with van der Waals surface area (Å²) in [6, 6.07) is 2.03. The Kier molecular flexibility index (Phi) is 8.78. The zero-order valence-electron chi connectivity index (χ0n) is 17.4. The Labute approximate surface area is 195 Å². The predicted molar refractivity (Wildman–Crippen MR) is 90.5 cm³/mol. The average Bonchev–Trinajstić information content (AvgIpc) is 2.75. The van der Waals surface area contributed by atoms with E-state index in [4.69, 9.17) is 0 Å². The van der Waals surface area contributed by atoms with Crippen LogP contribution in [-0.2, 0) is 14.3 Å². The molecule has 0 bridgehead atoms. The summed E-state index contributed by atoms with van der Waals surface area (Å²) in [6.07, 6.45) is -12.2. The van der Waals surface area contributed by atoms with Crippen molar-refractivity contribution in [3.8, 4) is 11.5 Å². The van der Waals surface area contributed by atoms with Gasteiger partial charge in [-0.05, 0) is 23.8 Å². The molecule has 0 aliphatic carbocycles. The number of alkyl halides is 14. The lowest BCUT2D eigenvalue weighted by atomic mass is 10.1. The molecular formula is C18H10F14O5. The first-order valence-corrected chi connectivity index (χ1v) is 8.84. The molecule has 0 saturated carbocycles. The van der Waals surface area contributed by atoms with Gasteiger partial charge in [0.25, 0.3) is 0 Å². The molecule has 0 atom stereocenters. The second-order valence-corrected chi connectivity index (χ2v) is 6.59. The highest BCUT2D eigenvalue weighted by atomic mass is 19.4. The highest BCUT2D eigenvalue weighted by molar-refractivity contribution is 5.82. The van der Waals surface area contributed by atoms with Crippen LogP contribution in [0, 0.1) is 0 Å². The van der Waals surface area contributed by atoms with Gasteiger partial charge in [-0.2, -0.15) is 61.5 Å². The molecule has 0 spiro atoms. The van der Waals surface area contributed by atoms with Crippen LogP contribution in [0.3, 0.4) is 0 Å². The van der Waals surface area contributed by atoms with E-state index in [0.29, 0.717) is 12.1 Å². The highest BCUT2D eigenvalue weighted by Crippen LogP contribution is 2.48. The molecule has 0 amide bonds. The van der Waals surface area contributed by atoms with Crippen molar-refractivity contribution in [2.24, 2.45) is 0 Å². The third kappa shape index (κ3) is 6.17. The predicted octanol–water partition coefficient (Wildman–Crippen LogP) is 5.82. The molecule has 210 valence electrons. The lowest BCUT2D eigenvalue weighted by Crippen LogP contribution is -2.57. The zero-order valence-corrected chi connectivity index (χ0v) is 17.4. The third-order valence-electron chi connectivity index (χ3n) is 4.02. The largest absolute Gasteiger partial charge is 0.493 e. The number of halogens is 14. The number of carbonyl (C=O) groups is 2. The fourth-order valence-corrected chi connectivity index (χ4v) is 2.05. The van der Waals surface area contributed by atoms with Gasteiger partial charge >= 0.3 is 48.0 Å². The molecule has 0 fully saturated rings. The SMILES string of the molecule is COc1cc(/C=C/COC(=O)C(F)(F)C(F)(F)C(F)(F)F)ccc1OC(=O)C(F)(F)C(F)(F)C(F)(F)F. The van der Waals surface area contributed by atoms with Gasteiger partial charge in [0.2, 0.25) is 0 Å². The summed E-state index contributed by atoms with van der Waals surface area (Å²) >= 11 is 0. The van der Waals surface area contributed by atoms with Gasteiger partial charge in [-0.25, -0.2) is 9.59 Å². The number of esters is 2. The van der Waals surface area contributed by atoms with Gasteiger partial charge in [0.05, 0.1) is 7.11 Å². The Morgan fingerprint density at radius 2 is 1.19 bits per heavy atom. The molecule has 1 aromatic rings. The smallest absolute Gasteiger partial charge is 0.460 e. The zero-order chi connectivity index (χ0) is 29.3. The summed E-state index contributed by atoms with van der Waals surface area (Å²) < 4.78 is 189. The number of carbonyl (C=O) groups excluding carboxylic acids is 2. The Morgan fingerprint density at radius 3 is 1.62 bits per heavy atom. The summed E-state index contributed by atoms with van der Waals surface area (Å²) in [7, 11) is 0.785. The molecule has 0 saturated heterocycles. The van der Waals surface area contributed by atoms with Crippen LogP contribution in [0.5, 0.6) is 11.5 Å². The van der Waals surface area contributed by atoms with E-state index in [2.05, 4.69) is 14.2 Å². The second-order valence-electron chi connectivity index (χ2n) is 6.59. The molecule has 0 unspecified atom stereocenters. The first kappa shape index (κ1) is 31.7. The van der Waals surface area contributed by atoms with E-state index in [1.54, 1.807) is 0 Å². The Balaban J connectivity index is 2.98. The molecule has 1 rings (SSSR count). The number of hydrogen-bond donors (Lipinski definition) is 0. The molecule has 19 heteroatoms. The van der Waals surface area contributed by atoms with Gasteiger partial charge in [0, 0.05) is 0 Å². The quantitative estimate of drug-likeness (QED) is 0.212. The maximum absolute atomic E-state index is 13.4. The molecule has 0 N–H and O–H groups in total. The van der Waals surface area contributed by atoms with Gasteiger partial charge < -0.3 is 14.2 Å². The van der Waals surface area contributed by atoms with E-state index < -0.39 is 66.1 Å². The van der Waals surface area contributed by atoms with E-state index in [1.807, 2.05) is 0 Å². The van der Waals surface area contributed by atoms with E-state index >= 15 is 0 Å². The van der Waals surface area contributed by atoms with Crippen LogP contribution in [-0.4, -0.2) is 61.7 Å². The third-order valence-corrected chi connectivity index (χ3v) is 4.02. The normalized spacial score (nSPS) is 14.0. The topological polar surface area (TPSA) is 61.8 Å². The Bertz CT molecular complexity index is 1030. The van der Waals surface area contributed by atoms with Crippen molar-refractivity contribution >= 4 is 18.0 Å². The first-order chi connectivity index (χ1) is 16.4. The molecule has 1 aromatic carbocycles. The maximum Gasteiger partial charge on any atom is 0.460 e. The monoisotopic (exact) mass is 572 g/mol. The van der Waals surface area contributed by atoms with Gasteiger partial charge in [-0.3, -0.25) is 0 Å². The maximum atomic E-state index is 13.4. The van der Waals surface area contributed by atoms with Crippen molar-refractivity contribution < 1.29 is 85.3 Å². The van der Waals surface area contributed by atoms with Crippen molar-refractivity contribution in [1.82, 2.24) is 0 Å². The van der Waals surface area contributed by atoms with Gasteiger partial charge in [0.15, 0.2) is 11.5 Å². The summed E-state index contributed by atoms with van der Waals surface area (Å²) in [5, 5.41) is 0. The van der Waals surface area contributed by atoms with Gasteiger partial charge in [0.1, 0.15) is 6.61 Å². The molecule has 37 heavy (non-hydrogen) atoms. The second kappa shape index (κ2) is 10.2. The summed E-state index contributed by atoms with van der Waals surface area (Å²) in [5.41, 5.74) is -0.188.